The lowest BCUT2D eigenvalue weighted by Gasteiger charge is -2.25. The molecule has 0 N–H and O–H groups in total. The molecule has 2 aromatic carbocycles. The van der Waals surface area contributed by atoms with Crippen LogP contribution in [0.3, 0.4) is 0 Å². The third-order valence-electron chi connectivity index (χ3n) is 6.89. The number of hydrogen-bond donors (Lipinski definition) is 0. The molecule has 0 atom stereocenters. The Hall–Kier alpha value is -3.85. The standard InChI is InChI=1S/C27H27FN6O2/c1-3-33-16-29-26-18(12-30-31-27(26)33)6-4-5-17-7-8-23(28)21(9-17)22-10-19-13-34(20-14-36-15-20)32-24(19)11-25(22)35-2/h7-13,16,20H,3-6,14-15H2,1-2H3. The summed E-state index contributed by atoms with van der Waals surface area (Å²) in [5.74, 6) is 0.326. The topological polar surface area (TPSA) is 79.9 Å². The van der Waals surface area contributed by atoms with Crippen LogP contribution in [0.2, 0.25) is 0 Å². The molecule has 184 valence electrons. The number of aryl methyl sites for hydroxylation is 3. The fraction of sp³-hybridized carbons (Fsp3) is 0.333. The summed E-state index contributed by atoms with van der Waals surface area (Å²) in [5, 5.41) is 14.0. The highest BCUT2D eigenvalue weighted by atomic mass is 19.1. The molecule has 8 nitrogen and oxygen atoms in total. The lowest BCUT2D eigenvalue weighted by molar-refractivity contribution is -0.0283. The molecule has 0 bridgehead atoms. The Morgan fingerprint density at radius 3 is 2.81 bits per heavy atom. The summed E-state index contributed by atoms with van der Waals surface area (Å²) in [5.41, 5.74) is 5.93. The summed E-state index contributed by atoms with van der Waals surface area (Å²) in [6.45, 7) is 4.19. The Bertz CT molecular complexity index is 1560. The van der Waals surface area contributed by atoms with Crippen LogP contribution in [0.5, 0.6) is 5.75 Å². The normalized spacial score (nSPS) is 14.0. The van der Waals surface area contributed by atoms with E-state index in [1.54, 1.807) is 19.4 Å². The van der Waals surface area contributed by atoms with Crippen molar-refractivity contribution in [2.75, 3.05) is 20.3 Å². The van der Waals surface area contributed by atoms with E-state index in [0.29, 0.717) is 24.5 Å². The second kappa shape index (κ2) is 9.31. The number of aromatic nitrogens is 6. The number of benzene rings is 2. The average Bonchev–Trinajstić information content (AvgIpc) is 3.47. The van der Waals surface area contributed by atoms with Crippen molar-refractivity contribution in [1.29, 1.82) is 0 Å². The van der Waals surface area contributed by atoms with Crippen molar-refractivity contribution in [1.82, 2.24) is 29.5 Å². The SMILES string of the molecule is CCn1cnc2c(CCCc3ccc(F)c(-c4cc5cn(C6COC6)nc5cc4OC)c3)cnnc21. The summed E-state index contributed by atoms with van der Waals surface area (Å²) in [6, 6.07) is 9.41. The van der Waals surface area contributed by atoms with Gasteiger partial charge in [0, 0.05) is 40.9 Å². The minimum atomic E-state index is -0.277. The number of fused-ring (bicyclic) bond motifs is 2. The average molecular weight is 487 g/mol. The van der Waals surface area contributed by atoms with E-state index >= 15 is 4.39 Å². The lowest BCUT2D eigenvalue weighted by atomic mass is 9.97. The van der Waals surface area contributed by atoms with E-state index < -0.39 is 0 Å². The van der Waals surface area contributed by atoms with Gasteiger partial charge in [-0.3, -0.25) is 4.68 Å². The number of ether oxygens (including phenoxy) is 2. The Balaban J connectivity index is 1.25. The van der Waals surface area contributed by atoms with E-state index in [9.17, 15) is 0 Å². The van der Waals surface area contributed by atoms with E-state index in [1.807, 2.05) is 46.0 Å². The van der Waals surface area contributed by atoms with Crippen LogP contribution in [0.4, 0.5) is 4.39 Å². The molecule has 1 saturated heterocycles. The van der Waals surface area contributed by atoms with E-state index in [-0.39, 0.29) is 11.9 Å². The quantitative estimate of drug-likeness (QED) is 0.315. The molecule has 0 spiro atoms. The van der Waals surface area contributed by atoms with Crippen LogP contribution in [0.25, 0.3) is 33.2 Å². The summed E-state index contributed by atoms with van der Waals surface area (Å²) in [4.78, 5) is 4.53. The van der Waals surface area contributed by atoms with Crippen molar-refractivity contribution in [2.45, 2.75) is 38.8 Å². The first-order valence-electron chi connectivity index (χ1n) is 12.2. The smallest absolute Gasteiger partial charge is 0.182 e. The van der Waals surface area contributed by atoms with Crippen molar-refractivity contribution < 1.29 is 13.9 Å². The molecule has 4 heterocycles. The van der Waals surface area contributed by atoms with Gasteiger partial charge in [-0.25, -0.2) is 9.37 Å². The monoisotopic (exact) mass is 486 g/mol. The van der Waals surface area contributed by atoms with Crippen molar-refractivity contribution >= 4 is 22.1 Å². The van der Waals surface area contributed by atoms with E-state index in [4.69, 9.17) is 9.47 Å². The third-order valence-corrected chi connectivity index (χ3v) is 6.89. The zero-order valence-corrected chi connectivity index (χ0v) is 20.3. The van der Waals surface area contributed by atoms with Gasteiger partial charge in [-0.05, 0) is 49.9 Å². The van der Waals surface area contributed by atoms with Gasteiger partial charge >= 0.3 is 0 Å². The number of methoxy groups -OCH3 is 1. The predicted molar refractivity (Wildman–Crippen MR) is 135 cm³/mol. The molecule has 1 aliphatic heterocycles. The number of rotatable bonds is 8. The third kappa shape index (κ3) is 3.99. The molecule has 36 heavy (non-hydrogen) atoms. The molecule has 3 aromatic heterocycles. The maximum atomic E-state index is 15.0. The van der Waals surface area contributed by atoms with Crippen molar-refractivity contribution in [3.05, 3.63) is 66.0 Å². The fourth-order valence-electron chi connectivity index (χ4n) is 4.77. The molecule has 1 fully saturated rings. The molecule has 0 amide bonds. The second-order valence-electron chi connectivity index (χ2n) is 9.15. The predicted octanol–water partition coefficient (Wildman–Crippen LogP) is 4.76. The molecular formula is C27H27FN6O2. The van der Waals surface area contributed by atoms with Gasteiger partial charge in [0.05, 0.1) is 44.4 Å². The fourth-order valence-corrected chi connectivity index (χ4v) is 4.77. The lowest BCUT2D eigenvalue weighted by Crippen LogP contribution is -2.30. The first-order chi connectivity index (χ1) is 17.6. The summed E-state index contributed by atoms with van der Waals surface area (Å²) in [6.07, 6.45) is 8.10. The molecule has 9 heteroatoms. The summed E-state index contributed by atoms with van der Waals surface area (Å²) >= 11 is 0. The molecule has 0 radical (unpaired) electrons. The number of imidazole rings is 1. The van der Waals surface area contributed by atoms with E-state index in [0.717, 1.165) is 64.6 Å². The maximum Gasteiger partial charge on any atom is 0.182 e. The molecular weight excluding hydrogens is 459 g/mol. The first kappa shape index (κ1) is 22.6. The highest BCUT2D eigenvalue weighted by molar-refractivity contribution is 5.88. The van der Waals surface area contributed by atoms with Gasteiger partial charge in [0.25, 0.3) is 0 Å². The molecule has 0 unspecified atom stereocenters. The van der Waals surface area contributed by atoms with Gasteiger partial charge in [0.1, 0.15) is 17.1 Å². The van der Waals surface area contributed by atoms with Crippen LogP contribution in [-0.4, -0.2) is 49.9 Å². The van der Waals surface area contributed by atoms with Crippen LogP contribution < -0.4 is 4.74 Å². The molecule has 6 rings (SSSR count). The highest BCUT2D eigenvalue weighted by Crippen LogP contribution is 2.36. The maximum absolute atomic E-state index is 15.0. The van der Waals surface area contributed by atoms with Crippen molar-refractivity contribution in [3.8, 4) is 16.9 Å². The van der Waals surface area contributed by atoms with Gasteiger partial charge in [0.2, 0.25) is 0 Å². The molecule has 1 aliphatic rings. The summed E-state index contributed by atoms with van der Waals surface area (Å²) in [7, 11) is 1.60. The zero-order valence-electron chi connectivity index (χ0n) is 20.3. The Kier molecular flexibility index (Phi) is 5.85. The molecule has 0 saturated carbocycles. The van der Waals surface area contributed by atoms with Gasteiger partial charge in [0.15, 0.2) is 5.65 Å². The van der Waals surface area contributed by atoms with Crippen LogP contribution in [0.1, 0.15) is 30.5 Å². The number of nitrogens with zero attached hydrogens (tertiary/aromatic N) is 6. The highest BCUT2D eigenvalue weighted by Gasteiger charge is 2.22. The summed E-state index contributed by atoms with van der Waals surface area (Å²) < 4.78 is 29.9. The van der Waals surface area contributed by atoms with Crippen LogP contribution in [0.15, 0.2) is 49.1 Å². The van der Waals surface area contributed by atoms with Crippen molar-refractivity contribution in [2.24, 2.45) is 0 Å². The molecule has 5 aromatic rings. The number of halogens is 1. The van der Waals surface area contributed by atoms with E-state index in [2.05, 4.69) is 27.2 Å². The molecule has 0 aliphatic carbocycles. The van der Waals surface area contributed by atoms with Crippen LogP contribution in [0, 0.1) is 5.82 Å². The minimum Gasteiger partial charge on any atom is -0.496 e. The Labute approximate surface area is 207 Å². The van der Waals surface area contributed by atoms with Gasteiger partial charge in [-0.2, -0.15) is 10.2 Å². The van der Waals surface area contributed by atoms with Crippen LogP contribution >= 0.6 is 0 Å². The zero-order chi connectivity index (χ0) is 24.6. The first-order valence-corrected chi connectivity index (χ1v) is 12.2. The Morgan fingerprint density at radius 1 is 1.14 bits per heavy atom. The number of hydrogen-bond acceptors (Lipinski definition) is 6. The van der Waals surface area contributed by atoms with Gasteiger partial charge in [-0.1, -0.05) is 6.07 Å². The van der Waals surface area contributed by atoms with Gasteiger partial charge in [-0.15, -0.1) is 5.10 Å². The van der Waals surface area contributed by atoms with E-state index in [1.165, 1.54) is 0 Å². The van der Waals surface area contributed by atoms with Crippen LogP contribution in [-0.2, 0) is 24.1 Å². The Morgan fingerprint density at radius 2 is 2.03 bits per heavy atom. The van der Waals surface area contributed by atoms with Gasteiger partial charge < -0.3 is 14.0 Å². The van der Waals surface area contributed by atoms with Crippen molar-refractivity contribution in [3.63, 3.8) is 0 Å². The second-order valence-corrected chi connectivity index (χ2v) is 9.15. The minimum absolute atomic E-state index is 0.250. The largest absolute Gasteiger partial charge is 0.496 e.